The number of hydrogen-bond donors (Lipinski definition) is 2. The van der Waals surface area contributed by atoms with E-state index in [0.717, 1.165) is 37.9 Å². The molecular weight excluding hydrogens is 246 g/mol. The Morgan fingerprint density at radius 1 is 1.47 bits per heavy atom. The zero-order valence-corrected chi connectivity index (χ0v) is 11.3. The van der Waals surface area contributed by atoms with Gasteiger partial charge in [-0.1, -0.05) is 24.9 Å². The zero-order chi connectivity index (χ0) is 13.7. The first-order valence-corrected chi connectivity index (χ1v) is 6.96. The van der Waals surface area contributed by atoms with Crippen LogP contribution < -0.4 is 5.32 Å². The molecule has 0 saturated heterocycles. The SMILES string of the molecule is CCc1nc(C2(NCCCC(=O)O)CCCC2)no1. The van der Waals surface area contributed by atoms with Crippen LogP contribution in [0, 0.1) is 0 Å². The molecule has 0 aliphatic heterocycles. The fourth-order valence-corrected chi connectivity index (χ4v) is 2.62. The lowest BCUT2D eigenvalue weighted by Crippen LogP contribution is -2.41. The van der Waals surface area contributed by atoms with E-state index >= 15 is 0 Å². The fraction of sp³-hybridized carbons (Fsp3) is 0.769. The van der Waals surface area contributed by atoms with Crippen LogP contribution in [-0.2, 0) is 16.8 Å². The van der Waals surface area contributed by atoms with Gasteiger partial charge in [-0.25, -0.2) is 0 Å². The van der Waals surface area contributed by atoms with Crippen molar-refractivity contribution in [1.82, 2.24) is 15.5 Å². The Morgan fingerprint density at radius 3 is 2.79 bits per heavy atom. The standard InChI is InChI=1S/C13H21N3O3/c1-2-10-15-12(16-19-10)13(7-3-4-8-13)14-9-5-6-11(17)18/h14H,2-9H2,1H3,(H,17,18). The van der Waals surface area contributed by atoms with Crippen LogP contribution in [0.1, 0.15) is 57.2 Å². The average Bonchev–Trinajstić information content (AvgIpc) is 3.04. The molecule has 1 aromatic heterocycles. The molecule has 0 amide bonds. The molecule has 1 heterocycles. The number of aromatic nitrogens is 2. The number of carboxylic acids is 1. The number of nitrogens with zero attached hydrogens (tertiary/aromatic N) is 2. The highest BCUT2D eigenvalue weighted by Gasteiger charge is 2.39. The van der Waals surface area contributed by atoms with Gasteiger partial charge in [0, 0.05) is 12.8 Å². The third kappa shape index (κ3) is 3.32. The molecule has 1 fully saturated rings. The second-order valence-corrected chi connectivity index (χ2v) is 5.08. The molecule has 1 aromatic rings. The lowest BCUT2D eigenvalue weighted by Gasteiger charge is -2.26. The van der Waals surface area contributed by atoms with Gasteiger partial charge < -0.3 is 14.9 Å². The zero-order valence-electron chi connectivity index (χ0n) is 11.3. The molecule has 0 aromatic carbocycles. The maximum absolute atomic E-state index is 10.5. The van der Waals surface area contributed by atoms with Crippen molar-refractivity contribution in [1.29, 1.82) is 0 Å². The number of carbonyl (C=O) groups is 1. The van der Waals surface area contributed by atoms with Gasteiger partial charge in [-0.05, 0) is 25.8 Å². The quantitative estimate of drug-likeness (QED) is 0.733. The van der Waals surface area contributed by atoms with Crippen LogP contribution in [0.2, 0.25) is 0 Å². The van der Waals surface area contributed by atoms with Crippen LogP contribution in [-0.4, -0.2) is 27.8 Å². The van der Waals surface area contributed by atoms with Crippen LogP contribution in [0.15, 0.2) is 4.52 Å². The number of hydrogen-bond acceptors (Lipinski definition) is 5. The molecule has 19 heavy (non-hydrogen) atoms. The van der Waals surface area contributed by atoms with E-state index in [0.29, 0.717) is 18.9 Å². The van der Waals surface area contributed by atoms with Gasteiger partial charge in [0.25, 0.3) is 0 Å². The number of rotatable bonds is 7. The first kappa shape index (κ1) is 14.0. The summed E-state index contributed by atoms with van der Waals surface area (Å²) in [4.78, 5) is 15.0. The van der Waals surface area contributed by atoms with Crippen molar-refractivity contribution in [2.75, 3.05) is 6.54 Å². The van der Waals surface area contributed by atoms with Gasteiger partial charge in [-0.3, -0.25) is 4.79 Å². The van der Waals surface area contributed by atoms with Gasteiger partial charge in [-0.2, -0.15) is 4.98 Å². The predicted molar refractivity (Wildman–Crippen MR) is 68.7 cm³/mol. The van der Waals surface area contributed by atoms with E-state index in [1.54, 1.807) is 0 Å². The lowest BCUT2D eigenvalue weighted by molar-refractivity contribution is -0.137. The second-order valence-electron chi connectivity index (χ2n) is 5.08. The van der Waals surface area contributed by atoms with Crippen LogP contribution in [0.25, 0.3) is 0 Å². The van der Waals surface area contributed by atoms with Crippen LogP contribution >= 0.6 is 0 Å². The molecule has 0 spiro atoms. The van der Waals surface area contributed by atoms with Crippen molar-refractivity contribution in [3.63, 3.8) is 0 Å². The van der Waals surface area contributed by atoms with Gasteiger partial charge >= 0.3 is 5.97 Å². The number of nitrogens with one attached hydrogen (secondary N) is 1. The van der Waals surface area contributed by atoms with E-state index in [9.17, 15) is 4.79 Å². The smallest absolute Gasteiger partial charge is 0.303 e. The van der Waals surface area contributed by atoms with Gasteiger partial charge in [-0.15, -0.1) is 0 Å². The van der Waals surface area contributed by atoms with Crippen LogP contribution in [0.4, 0.5) is 0 Å². The summed E-state index contributed by atoms with van der Waals surface area (Å²) in [6, 6.07) is 0. The summed E-state index contributed by atoms with van der Waals surface area (Å²) in [6.45, 7) is 2.65. The molecule has 1 saturated carbocycles. The van der Waals surface area contributed by atoms with Gasteiger partial charge in [0.15, 0.2) is 5.82 Å². The molecule has 1 aliphatic carbocycles. The van der Waals surface area contributed by atoms with E-state index < -0.39 is 5.97 Å². The molecule has 0 atom stereocenters. The Bertz CT molecular complexity index is 425. The molecule has 6 heteroatoms. The summed E-state index contributed by atoms with van der Waals surface area (Å²) < 4.78 is 5.20. The highest BCUT2D eigenvalue weighted by atomic mass is 16.5. The van der Waals surface area contributed by atoms with E-state index in [1.807, 2.05) is 6.92 Å². The maximum atomic E-state index is 10.5. The Morgan fingerprint density at radius 2 is 2.21 bits per heavy atom. The summed E-state index contributed by atoms with van der Waals surface area (Å²) in [5.74, 6) is 0.640. The molecule has 2 N–H and O–H groups in total. The predicted octanol–water partition coefficient (Wildman–Crippen LogP) is 1.86. The lowest BCUT2D eigenvalue weighted by atomic mass is 9.96. The Kier molecular flexibility index (Phi) is 4.52. The second kappa shape index (κ2) is 6.14. The summed E-state index contributed by atoms with van der Waals surface area (Å²) in [6.07, 6.45) is 5.81. The minimum absolute atomic E-state index is 0.190. The normalized spacial score (nSPS) is 17.7. The van der Waals surface area contributed by atoms with E-state index in [1.165, 1.54) is 0 Å². The molecule has 0 radical (unpaired) electrons. The first-order chi connectivity index (χ1) is 9.16. The summed E-state index contributed by atoms with van der Waals surface area (Å²) in [5.41, 5.74) is -0.213. The molecule has 0 unspecified atom stereocenters. The largest absolute Gasteiger partial charge is 0.481 e. The van der Waals surface area contributed by atoms with Crippen molar-refractivity contribution in [3.8, 4) is 0 Å². The molecule has 6 nitrogen and oxygen atoms in total. The van der Waals surface area contributed by atoms with Crippen molar-refractivity contribution in [3.05, 3.63) is 11.7 Å². The minimum Gasteiger partial charge on any atom is -0.481 e. The minimum atomic E-state index is -0.755. The van der Waals surface area contributed by atoms with Gasteiger partial charge in [0.2, 0.25) is 5.89 Å². The van der Waals surface area contributed by atoms with E-state index in [4.69, 9.17) is 9.63 Å². The van der Waals surface area contributed by atoms with Crippen molar-refractivity contribution < 1.29 is 14.4 Å². The number of aliphatic carboxylic acids is 1. The molecule has 1 aliphatic rings. The van der Waals surface area contributed by atoms with E-state index in [-0.39, 0.29) is 12.0 Å². The van der Waals surface area contributed by atoms with Gasteiger partial charge in [0.05, 0.1) is 5.54 Å². The Labute approximate surface area is 112 Å². The first-order valence-electron chi connectivity index (χ1n) is 6.96. The topological polar surface area (TPSA) is 88.2 Å². The maximum Gasteiger partial charge on any atom is 0.303 e. The average molecular weight is 267 g/mol. The fourth-order valence-electron chi connectivity index (χ4n) is 2.62. The van der Waals surface area contributed by atoms with Crippen molar-refractivity contribution in [2.45, 2.75) is 57.4 Å². The monoisotopic (exact) mass is 267 g/mol. The van der Waals surface area contributed by atoms with Crippen molar-refractivity contribution in [2.24, 2.45) is 0 Å². The summed E-state index contributed by atoms with van der Waals surface area (Å²) >= 11 is 0. The Hall–Kier alpha value is -1.43. The van der Waals surface area contributed by atoms with E-state index in [2.05, 4.69) is 15.5 Å². The third-order valence-corrected chi connectivity index (χ3v) is 3.69. The number of aryl methyl sites for hydroxylation is 1. The third-order valence-electron chi connectivity index (χ3n) is 3.69. The highest BCUT2D eigenvalue weighted by Crippen LogP contribution is 2.37. The van der Waals surface area contributed by atoms with Crippen LogP contribution in [0.3, 0.4) is 0 Å². The highest BCUT2D eigenvalue weighted by molar-refractivity contribution is 5.66. The molecule has 106 valence electrons. The van der Waals surface area contributed by atoms with Gasteiger partial charge in [0.1, 0.15) is 0 Å². The molecular formula is C13H21N3O3. The summed E-state index contributed by atoms with van der Waals surface area (Å²) in [5, 5.41) is 16.2. The van der Waals surface area contributed by atoms with Crippen LogP contribution in [0.5, 0.6) is 0 Å². The molecule has 2 rings (SSSR count). The Balaban J connectivity index is 1.99. The van der Waals surface area contributed by atoms with Crippen molar-refractivity contribution >= 4 is 5.97 Å². The molecule has 0 bridgehead atoms. The number of carboxylic acid groups (broad SMARTS) is 1. The summed E-state index contributed by atoms with van der Waals surface area (Å²) in [7, 11) is 0.